The highest BCUT2D eigenvalue weighted by Crippen LogP contribution is 2.35. The number of benzene rings is 2. The highest BCUT2D eigenvalue weighted by atomic mass is 32.2. The molecule has 52 heavy (non-hydrogen) atoms. The number of ether oxygens (including phenoxy) is 1. The lowest BCUT2D eigenvalue weighted by Gasteiger charge is -2.41. The predicted molar refractivity (Wildman–Crippen MR) is 198 cm³/mol. The van der Waals surface area contributed by atoms with Crippen molar-refractivity contribution >= 4 is 44.6 Å². The summed E-state index contributed by atoms with van der Waals surface area (Å²) in [5, 5.41) is 11.2. The summed E-state index contributed by atoms with van der Waals surface area (Å²) in [7, 11) is -3.18. The van der Waals surface area contributed by atoms with E-state index < -0.39 is 28.1 Å². The van der Waals surface area contributed by atoms with Crippen LogP contribution in [-0.4, -0.2) is 120 Å². The number of fused-ring (bicyclic) bond motifs is 2. The van der Waals surface area contributed by atoms with Crippen LogP contribution in [0.2, 0.25) is 0 Å². The third-order valence-electron chi connectivity index (χ3n) is 12.0. The van der Waals surface area contributed by atoms with Gasteiger partial charge in [-0.05, 0) is 92.5 Å². The number of likely N-dealkylation sites (tertiary alicyclic amines) is 2. The maximum Gasteiger partial charge on any atom is 0.410 e. The molecule has 2 atom stereocenters. The van der Waals surface area contributed by atoms with Crippen molar-refractivity contribution in [2.75, 3.05) is 57.4 Å². The summed E-state index contributed by atoms with van der Waals surface area (Å²) in [6, 6.07) is 11.8. The third kappa shape index (κ3) is 7.64. The summed E-state index contributed by atoms with van der Waals surface area (Å²) in [5.74, 6) is 0.266. The van der Waals surface area contributed by atoms with E-state index in [-0.39, 0.29) is 18.0 Å². The lowest BCUT2D eigenvalue weighted by molar-refractivity contribution is -0.143. The fourth-order valence-electron chi connectivity index (χ4n) is 8.80. The molecule has 4 aliphatic rings. The van der Waals surface area contributed by atoms with Crippen molar-refractivity contribution < 1.29 is 27.5 Å². The van der Waals surface area contributed by atoms with Gasteiger partial charge in [0.15, 0.2) is 6.10 Å². The van der Waals surface area contributed by atoms with E-state index in [0.29, 0.717) is 70.5 Å². The second kappa shape index (κ2) is 15.1. The Morgan fingerprint density at radius 2 is 1.56 bits per heavy atom. The summed E-state index contributed by atoms with van der Waals surface area (Å²) in [6.07, 6.45) is 6.89. The van der Waals surface area contributed by atoms with Crippen LogP contribution in [-0.2, 0) is 26.0 Å². The van der Waals surface area contributed by atoms with Gasteiger partial charge in [0, 0.05) is 68.8 Å². The Labute approximate surface area is 306 Å². The molecule has 1 aromatic heterocycles. The number of carbonyl (C=O) groups is 3. The van der Waals surface area contributed by atoms with Gasteiger partial charge in [-0.1, -0.05) is 31.2 Å². The summed E-state index contributed by atoms with van der Waals surface area (Å²) >= 11 is 0. The zero-order valence-corrected chi connectivity index (χ0v) is 31.2. The van der Waals surface area contributed by atoms with E-state index in [1.165, 1.54) is 6.26 Å². The van der Waals surface area contributed by atoms with Gasteiger partial charge in [-0.2, -0.15) is 5.10 Å². The van der Waals surface area contributed by atoms with Crippen LogP contribution in [0.4, 0.5) is 15.3 Å². The molecule has 3 saturated heterocycles. The van der Waals surface area contributed by atoms with Crippen LogP contribution >= 0.6 is 0 Å². The van der Waals surface area contributed by atoms with E-state index in [0.717, 1.165) is 65.4 Å². The van der Waals surface area contributed by atoms with Crippen LogP contribution in [0.15, 0.2) is 42.6 Å². The molecular formula is C38H51N7O6S. The quantitative estimate of drug-likeness (QED) is 0.350. The van der Waals surface area contributed by atoms with Crippen molar-refractivity contribution in [3.8, 4) is 0 Å². The number of hydrogen-bond acceptors (Lipinski definition) is 7. The van der Waals surface area contributed by atoms with Gasteiger partial charge < -0.3 is 24.8 Å². The number of urea groups is 1. The molecule has 3 aromatic rings. The topological polar surface area (TPSA) is 148 Å². The molecule has 0 bridgehead atoms. The molecule has 14 heteroatoms. The van der Waals surface area contributed by atoms with Crippen LogP contribution in [0.25, 0.3) is 10.9 Å². The molecule has 0 radical (unpaired) electrons. The van der Waals surface area contributed by atoms with Gasteiger partial charge >= 0.3 is 12.1 Å². The molecule has 1 unspecified atom stereocenters. The average molecular weight is 734 g/mol. The van der Waals surface area contributed by atoms with Crippen molar-refractivity contribution in [1.29, 1.82) is 0 Å². The van der Waals surface area contributed by atoms with E-state index in [4.69, 9.17) is 4.74 Å². The maximum atomic E-state index is 14.4. The average Bonchev–Trinajstić information content (AvgIpc) is 3.57. The number of nitrogens with zero attached hydrogens (tertiary/aromatic N) is 5. The summed E-state index contributed by atoms with van der Waals surface area (Å²) in [6.45, 7) is 7.66. The number of hydrogen-bond donors (Lipinski definition) is 2. The standard InChI is InChI=1S/C38H51N7O6S/c1-25-22-30(23-31-24-39-41-34(25)31)26(2)35(36(46)42-15-8-27(9-16-42)28-10-19-44(20-11-28)52(3,49)50)51-38(48)43-17-13-32(14-18-43)45-21-12-29-6-4-5-7-33(29)40-37(45)47/h4-7,22-24,26-28,32,35H,8-21H2,1-3H3,(H,39,41)(H,40,47)/t26-,35?/m1/s1. The first kappa shape index (κ1) is 36.2. The molecular weight excluding hydrogens is 683 g/mol. The third-order valence-corrected chi connectivity index (χ3v) is 13.3. The lowest BCUT2D eigenvalue weighted by Crippen LogP contribution is -2.52. The molecule has 7 rings (SSSR count). The van der Waals surface area contributed by atoms with Crippen molar-refractivity contribution in [3.63, 3.8) is 0 Å². The minimum absolute atomic E-state index is 0.000662. The Morgan fingerprint density at radius 3 is 2.25 bits per heavy atom. The fourth-order valence-corrected chi connectivity index (χ4v) is 9.67. The predicted octanol–water partition coefficient (Wildman–Crippen LogP) is 4.94. The molecule has 0 saturated carbocycles. The number of piperidine rings is 3. The van der Waals surface area contributed by atoms with E-state index in [1.807, 2.05) is 60.0 Å². The maximum absolute atomic E-state index is 14.4. The number of aromatic amines is 1. The molecule has 3 fully saturated rings. The monoisotopic (exact) mass is 733 g/mol. The van der Waals surface area contributed by atoms with Crippen LogP contribution < -0.4 is 5.32 Å². The molecule has 0 aliphatic carbocycles. The Hall–Kier alpha value is -4.17. The van der Waals surface area contributed by atoms with Crippen LogP contribution in [0.1, 0.15) is 68.1 Å². The Kier molecular flexibility index (Phi) is 10.5. The first-order valence-electron chi connectivity index (χ1n) is 18.7. The number of aryl methyl sites for hydroxylation is 1. The van der Waals surface area contributed by atoms with E-state index in [9.17, 15) is 22.8 Å². The number of aromatic nitrogens is 2. The SMILES string of the molecule is Cc1cc([C@@H](C)C(OC(=O)N2CCC(N3CCc4ccccc4NC3=O)CC2)C(=O)N2CCC(C3CCN(S(C)(=O)=O)CC3)CC2)cc2cn[nH]c12. The number of amides is 4. The number of nitrogens with one attached hydrogen (secondary N) is 2. The van der Waals surface area contributed by atoms with Gasteiger partial charge in [-0.15, -0.1) is 0 Å². The lowest BCUT2D eigenvalue weighted by atomic mass is 9.79. The number of para-hydroxylation sites is 1. The number of sulfonamides is 1. The van der Waals surface area contributed by atoms with Gasteiger partial charge in [0.05, 0.1) is 18.0 Å². The zero-order valence-electron chi connectivity index (χ0n) is 30.4. The molecule has 280 valence electrons. The van der Waals surface area contributed by atoms with Gasteiger partial charge in [0.2, 0.25) is 10.0 Å². The Bertz CT molecular complexity index is 1890. The smallest absolute Gasteiger partial charge is 0.410 e. The first-order chi connectivity index (χ1) is 25.0. The largest absolute Gasteiger partial charge is 0.435 e. The van der Waals surface area contributed by atoms with Crippen LogP contribution in [0.5, 0.6) is 0 Å². The van der Waals surface area contributed by atoms with Crippen molar-refractivity contribution in [2.45, 2.75) is 76.9 Å². The second-order valence-electron chi connectivity index (χ2n) is 15.2. The van der Waals surface area contributed by atoms with E-state index >= 15 is 0 Å². The van der Waals surface area contributed by atoms with Gasteiger partial charge in [-0.25, -0.2) is 22.3 Å². The first-order valence-corrected chi connectivity index (χ1v) is 20.6. The molecule has 2 N–H and O–H groups in total. The van der Waals surface area contributed by atoms with E-state index in [1.54, 1.807) is 15.4 Å². The summed E-state index contributed by atoms with van der Waals surface area (Å²) in [5.41, 5.74) is 4.80. The highest BCUT2D eigenvalue weighted by molar-refractivity contribution is 7.88. The number of H-pyrrole nitrogens is 1. The number of anilines is 1. The number of rotatable bonds is 7. The van der Waals surface area contributed by atoms with Crippen molar-refractivity contribution in [1.82, 2.24) is 29.2 Å². The van der Waals surface area contributed by atoms with Crippen LogP contribution in [0.3, 0.4) is 0 Å². The molecule has 4 amide bonds. The van der Waals surface area contributed by atoms with Gasteiger partial charge in [0.1, 0.15) is 0 Å². The molecule has 2 aromatic carbocycles. The van der Waals surface area contributed by atoms with Crippen molar-refractivity contribution in [2.24, 2.45) is 11.8 Å². The summed E-state index contributed by atoms with van der Waals surface area (Å²) < 4.78 is 31.8. The Balaban J connectivity index is 1.01. The normalized spacial score (nSPS) is 21.4. The molecule has 4 aliphatic heterocycles. The van der Waals surface area contributed by atoms with Crippen LogP contribution in [0, 0.1) is 18.8 Å². The fraction of sp³-hybridized carbons (Fsp3) is 0.579. The summed E-state index contributed by atoms with van der Waals surface area (Å²) in [4.78, 5) is 46.8. The Morgan fingerprint density at radius 1 is 0.904 bits per heavy atom. The highest BCUT2D eigenvalue weighted by Gasteiger charge is 2.40. The van der Waals surface area contributed by atoms with Crippen molar-refractivity contribution in [3.05, 3.63) is 59.3 Å². The second-order valence-corrected chi connectivity index (χ2v) is 17.2. The molecule has 5 heterocycles. The minimum atomic E-state index is -3.18. The number of carbonyl (C=O) groups excluding carboxylic acids is 3. The molecule has 13 nitrogen and oxygen atoms in total. The van der Waals surface area contributed by atoms with Gasteiger partial charge in [0.25, 0.3) is 5.91 Å². The van der Waals surface area contributed by atoms with E-state index in [2.05, 4.69) is 15.5 Å². The minimum Gasteiger partial charge on any atom is -0.435 e. The molecule has 0 spiro atoms. The zero-order chi connectivity index (χ0) is 36.6. The van der Waals surface area contributed by atoms with Gasteiger partial charge in [-0.3, -0.25) is 9.89 Å².